The Hall–Kier alpha value is -2.56. The standard InChI is InChI=1S/C24H30N2O3/c27-23(20-11-14-26(15-12-20)24(28)21-13-16-29-17-21)25-22(18-7-3-1-4-8-18)19-9-5-2-6-10-19/h1,3-4,7-8,13,16-17,19-20,22H,2,5-6,9-12,14-15H2,(H,25,27)/t22-/m0/s1. The van der Waals surface area contributed by atoms with Gasteiger partial charge in [-0.15, -0.1) is 0 Å². The SMILES string of the molecule is O=C(N[C@@H](c1ccccc1)C1CCCCC1)C1CCN(C(=O)c2ccoc2)CC1. The molecule has 1 N–H and O–H groups in total. The molecule has 0 unspecified atom stereocenters. The van der Waals surface area contributed by atoms with Crippen LogP contribution < -0.4 is 5.32 Å². The minimum atomic E-state index is -0.0294. The fourth-order valence-corrected chi connectivity index (χ4v) is 4.79. The van der Waals surface area contributed by atoms with E-state index in [-0.39, 0.29) is 23.8 Å². The highest BCUT2D eigenvalue weighted by atomic mass is 16.3. The molecule has 2 aromatic rings. The van der Waals surface area contributed by atoms with Crippen molar-refractivity contribution in [2.24, 2.45) is 11.8 Å². The van der Waals surface area contributed by atoms with Gasteiger partial charge in [-0.05, 0) is 43.2 Å². The Morgan fingerprint density at radius 2 is 1.69 bits per heavy atom. The number of carbonyl (C=O) groups excluding carboxylic acids is 2. The molecule has 2 aliphatic rings. The van der Waals surface area contributed by atoms with Crippen LogP contribution in [0.1, 0.15) is 66.9 Å². The van der Waals surface area contributed by atoms with Crippen molar-refractivity contribution in [3.8, 4) is 0 Å². The maximum Gasteiger partial charge on any atom is 0.257 e. The Labute approximate surface area is 172 Å². The first-order valence-corrected chi connectivity index (χ1v) is 10.9. The number of amides is 2. The molecule has 0 spiro atoms. The van der Waals surface area contributed by atoms with Crippen molar-refractivity contribution < 1.29 is 14.0 Å². The summed E-state index contributed by atoms with van der Waals surface area (Å²) in [4.78, 5) is 27.4. The predicted octanol–water partition coefficient (Wildman–Crippen LogP) is 4.57. The lowest BCUT2D eigenvalue weighted by atomic mass is 9.80. The third-order valence-electron chi connectivity index (χ3n) is 6.50. The van der Waals surface area contributed by atoms with Crippen LogP contribution in [0.4, 0.5) is 0 Å². The van der Waals surface area contributed by atoms with Gasteiger partial charge in [0.2, 0.25) is 5.91 Å². The molecule has 5 heteroatoms. The van der Waals surface area contributed by atoms with Gasteiger partial charge in [-0.3, -0.25) is 9.59 Å². The molecule has 1 saturated heterocycles. The second-order valence-electron chi connectivity index (χ2n) is 8.37. The van der Waals surface area contributed by atoms with Crippen molar-refractivity contribution in [1.29, 1.82) is 0 Å². The zero-order valence-corrected chi connectivity index (χ0v) is 16.9. The zero-order valence-electron chi connectivity index (χ0n) is 16.9. The molecule has 1 aromatic carbocycles. The van der Waals surface area contributed by atoms with E-state index in [1.54, 1.807) is 6.07 Å². The Bertz CT molecular complexity index is 789. The number of likely N-dealkylation sites (tertiary alicyclic amines) is 1. The average molecular weight is 395 g/mol. The molecule has 1 atom stereocenters. The maximum absolute atomic E-state index is 13.1. The molecule has 1 aliphatic carbocycles. The molecule has 2 amide bonds. The summed E-state index contributed by atoms with van der Waals surface area (Å²) < 4.78 is 5.02. The molecule has 1 aromatic heterocycles. The van der Waals surface area contributed by atoms with Crippen LogP contribution >= 0.6 is 0 Å². The van der Waals surface area contributed by atoms with Crippen LogP contribution in [0.25, 0.3) is 0 Å². The van der Waals surface area contributed by atoms with Gasteiger partial charge in [0.1, 0.15) is 6.26 Å². The van der Waals surface area contributed by atoms with Gasteiger partial charge in [0.05, 0.1) is 17.9 Å². The van der Waals surface area contributed by atoms with Crippen LogP contribution in [0.3, 0.4) is 0 Å². The van der Waals surface area contributed by atoms with Crippen LogP contribution in [0.15, 0.2) is 53.3 Å². The van der Waals surface area contributed by atoms with Crippen molar-refractivity contribution in [1.82, 2.24) is 10.2 Å². The summed E-state index contributed by atoms with van der Waals surface area (Å²) in [6.07, 6.45) is 10.6. The molecule has 0 radical (unpaired) electrons. The summed E-state index contributed by atoms with van der Waals surface area (Å²) in [5, 5.41) is 3.39. The minimum Gasteiger partial charge on any atom is -0.472 e. The fourth-order valence-electron chi connectivity index (χ4n) is 4.79. The highest BCUT2D eigenvalue weighted by molar-refractivity contribution is 5.94. The van der Waals surface area contributed by atoms with Crippen LogP contribution in [-0.4, -0.2) is 29.8 Å². The van der Waals surface area contributed by atoms with E-state index in [1.807, 2.05) is 11.0 Å². The number of nitrogens with one attached hydrogen (secondary N) is 1. The van der Waals surface area contributed by atoms with Gasteiger partial charge in [-0.25, -0.2) is 0 Å². The van der Waals surface area contributed by atoms with E-state index in [0.29, 0.717) is 37.4 Å². The van der Waals surface area contributed by atoms with Crippen LogP contribution in [-0.2, 0) is 4.79 Å². The van der Waals surface area contributed by atoms with E-state index in [9.17, 15) is 9.59 Å². The van der Waals surface area contributed by atoms with Gasteiger partial charge in [-0.1, -0.05) is 49.6 Å². The third kappa shape index (κ3) is 4.72. The number of benzene rings is 1. The Morgan fingerprint density at radius 1 is 0.966 bits per heavy atom. The Kier molecular flexibility index (Phi) is 6.33. The highest BCUT2D eigenvalue weighted by Crippen LogP contribution is 2.35. The summed E-state index contributed by atoms with van der Waals surface area (Å²) in [5.74, 6) is 0.609. The fraction of sp³-hybridized carbons (Fsp3) is 0.500. The number of carbonyl (C=O) groups is 2. The summed E-state index contributed by atoms with van der Waals surface area (Å²) in [6.45, 7) is 1.23. The van der Waals surface area contributed by atoms with Gasteiger partial charge >= 0.3 is 0 Å². The van der Waals surface area contributed by atoms with E-state index in [0.717, 1.165) is 0 Å². The van der Waals surface area contributed by atoms with Crippen molar-refractivity contribution in [3.63, 3.8) is 0 Å². The maximum atomic E-state index is 13.1. The first-order valence-electron chi connectivity index (χ1n) is 10.9. The molecule has 154 valence electrons. The first-order chi connectivity index (χ1) is 14.2. The molecular formula is C24H30N2O3. The lowest BCUT2D eigenvalue weighted by molar-refractivity contribution is -0.127. The molecule has 1 aliphatic heterocycles. The normalized spacial score (nSPS) is 19.7. The number of rotatable bonds is 5. The Balaban J connectivity index is 1.37. The number of nitrogens with zero attached hydrogens (tertiary/aromatic N) is 1. The predicted molar refractivity (Wildman–Crippen MR) is 111 cm³/mol. The zero-order chi connectivity index (χ0) is 20.1. The van der Waals surface area contributed by atoms with Gasteiger partial charge in [0.25, 0.3) is 5.91 Å². The summed E-state index contributed by atoms with van der Waals surface area (Å²) in [7, 11) is 0. The van der Waals surface area contributed by atoms with Crippen LogP contribution in [0.5, 0.6) is 0 Å². The van der Waals surface area contributed by atoms with E-state index in [1.165, 1.54) is 50.2 Å². The van der Waals surface area contributed by atoms with Crippen molar-refractivity contribution in [3.05, 3.63) is 60.1 Å². The van der Waals surface area contributed by atoms with Crippen LogP contribution in [0, 0.1) is 11.8 Å². The number of hydrogen-bond donors (Lipinski definition) is 1. The lowest BCUT2D eigenvalue weighted by Crippen LogP contribution is -2.44. The summed E-state index contributed by atoms with van der Waals surface area (Å²) in [5.41, 5.74) is 1.79. The first kappa shape index (κ1) is 19.7. The van der Waals surface area contributed by atoms with E-state index in [4.69, 9.17) is 4.42 Å². The number of furan rings is 1. The molecular weight excluding hydrogens is 364 g/mol. The molecule has 2 fully saturated rings. The molecule has 1 saturated carbocycles. The third-order valence-corrected chi connectivity index (χ3v) is 6.50. The smallest absolute Gasteiger partial charge is 0.257 e. The number of hydrogen-bond acceptors (Lipinski definition) is 3. The summed E-state index contributed by atoms with van der Waals surface area (Å²) in [6, 6.07) is 12.2. The van der Waals surface area contributed by atoms with E-state index < -0.39 is 0 Å². The van der Waals surface area contributed by atoms with Gasteiger partial charge in [0.15, 0.2) is 0 Å². The van der Waals surface area contributed by atoms with E-state index >= 15 is 0 Å². The minimum absolute atomic E-state index is 0.0121. The monoisotopic (exact) mass is 394 g/mol. The van der Waals surface area contributed by atoms with Crippen molar-refractivity contribution in [2.75, 3.05) is 13.1 Å². The topological polar surface area (TPSA) is 62.6 Å². The lowest BCUT2D eigenvalue weighted by Gasteiger charge is -2.35. The molecule has 5 nitrogen and oxygen atoms in total. The van der Waals surface area contributed by atoms with Gasteiger partial charge < -0.3 is 14.6 Å². The molecule has 2 heterocycles. The number of piperidine rings is 1. The largest absolute Gasteiger partial charge is 0.472 e. The van der Waals surface area contributed by atoms with Crippen molar-refractivity contribution >= 4 is 11.8 Å². The highest BCUT2D eigenvalue weighted by Gasteiger charge is 2.32. The quantitative estimate of drug-likeness (QED) is 0.808. The van der Waals surface area contributed by atoms with Gasteiger partial charge in [-0.2, -0.15) is 0 Å². The second kappa shape index (κ2) is 9.29. The van der Waals surface area contributed by atoms with Crippen LogP contribution in [0.2, 0.25) is 0 Å². The molecule has 4 rings (SSSR count). The van der Waals surface area contributed by atoms with Crippen molar-refractivity contribution in [2.45, 2.75) is 51.0 Å². The summed E-state index contributed by atoms with van der Waals surface area (Å²) >= 11 is 0. The average Bonchev–Trinajstić information content (AvgIpc) is 3.33. The molecule has 0 bridgehead atoms. The second-order valence-corrected chi connectivity index (χ2v) is 8.37. The molecule has 29 heavy (non-hydrogen) atoms. The Morgan fingerprint density at radius 3 is 2.34 bits per heavy atom. The van der Waals surface area contributed by atoms with E-state index in [2.05, 4.69) is 29.6 Å². The van der Waals surface area contributed by atoms with Gasteiger partial charge in [0, 0.05) is 19.0 Å².